The topological polar surface area (TPSA) is 64.4 Å². The maximum atomic E-state index is 12.8. The number of nitrogens with zero attached hydrogens (tertiary/aromatic N) is 3. The monoisotopic (exact) mass is 411 g/mol. The highest BCUT2D eigenvalue weighted by molar-refractivity contribution is 6.43. The van der Waals surface area contributed by atoms with Crippen LogP contribution in [-0.2, 0) is 4.79 Å². The van der Waals surface area contributed by atoms with Gasteiger partial charge in [0.05, 0.1) is 29.2 Å². The van der Waals surface area contributed by atoms with Crippen molar-refractivity contribution in [1.29, 1.82) is 0 Å². The van der Waals surface area contributed by atoms with Gasteiger partial charge in [-0.15, -0.1) is 0 Å². The summed E-state index contributed by atoms with van der Waals surface area (Å²) >= 11 is 5.84. The van der Waals surface area contributed by atoms with E-state index in [1.165, 1.54) is 4.90 Å². The second kappa shape index (κ2) is 8.92. The van der Waals surface area contributed by atoms with Crippen LogP contribution in [0.15, 0.2) is 54.6 Å². The van der Waals surface area contributed by atoms with E-state index in [0.29, 0.717) is 27.7 Å². The van der Waals surface area contributed by atoms with Crippen LogP contribution in [0.3, 0.4) is 0 Å². The van der Waals surface area contributed by atoms with E-state index >= 15 is 0 Å². The van der Waals surface area contributed by atoms with Crippen molar-refractivity contribution in [3.8, 4) is 11.4 Å². The van der Waals surface area contributed by atoms with Crippen LogP contribution in [0.1, 0.15) is 21.7 Å². The highest BCUT2D eigenvalue weighted by Gasteiger charge is 2.27. The zero-order valence-electron chi connectivity index (χ0n) is 16.6. The van der Waals surface area contributed by atoms with Crippen molar-refractivity contribution >= 4 is 23.3 Å². The molecule has 0 spiro atoms. The van der Waals surface area contributed by atoms with Gasteiger partial charge in [0.25, 0.3) is 11.7 Å². The Labute approximate surface area is 174 Å². The number of halogens is 1. The first-order valence-corrected chi connectivity index (χ1v) is 9.56. The lowest BCUT2D eigenvalue weighted by molar-refractivity contribution is -0.125. The molecule has 0 unspecified atom stereocenters. The van der Waals surface area contributed by atoms with Gasteiger partial charge in [0.15, 0.2) is 0 Å². The largest absolute Gasteiger partial charge is 0.492 e. The minimum Gasteiger partial charge on any atom is -0.492 e. The van der Waals surface area contributed by atoms with Gasteiger partial charge in [0, 0.05) is 12.1 Å². The average molecular weight is 412 g/mol. The molecule has 1 aromatic heterocycles. The SMILES string of the molecule is Cc1nn(-c2ccccc2)c(C)c1C(=O)C(=O)N(C)CCOc1ccc(Cl)cc1. The van der Waals surface area contributed by atoms with Crippen molar-refractivity contribution < 1.29 is 14.3 Å². The van der Waals surface area contributed by atoms with E-state index in [2.05, 4.69) is 5.10 Å². The van der Waals surface area contributed by atoms with Crippen LogP contribution in [0.25, 0.3) is 5.69 Å². The molecule has 6 nitrogen and oxygen atoms in total. The summed E-state index contributed by atoms with van der Waals surface area (Å²) in [5, 5.41) is 5.06. The van der Waals surface area contributed by atoms with E-state index in [4.69, 9.17) is 16.3 Å². The quantitative estimate of drug-likeness (QED) is 0.437. The molecule has 150 valence electrons. The van der Waals surface area contributed by atoms with E-state index in [0.717, 1.165) is 5.69 Å². The fourth-order valence-electron chi connectivity index (χ4n) is 3.00. The zero-order chi connectivity index (χ0) is 21.0. The van der Waals surface area contributed by atoms with Gasteiger partial charge in [-0.25, -0.2) is 4.68 Å². The van der Waals surface area contributed by atoms with Crippen LogP contribution < -0.4 is 4.74 Å². The number of rotatable bonds is 7. The zero-order valence-corrected chi connectivity index (χ0v) is 17.3. The Morgan fingerprint density at radius 3 is 2.38 bits per heavy atom. The van der Waals surface area contributed by atoms with Crippen molar-refractivity contribution in [2.45, 2.75) is 13.8 Å². The first kappa shape index (κ1) is 20.6. The number of amides is 1. The van der Waals surface area contributed by atoms with E-state index in [9.17, 15) is 9.59 Å². The van der Waals surface area contributed by atoms with Gasteiger partial charge in [0.2, 0.25) is 0 Å². The Hall–Kier alpha value is -3.12. The third-order valence-corrected chi connectivity index (χ3v) is 4.82. The molecule has 2 aromatic carbocycles. The number of benzene rings is 2. The van der Waals surface area contributed by atoms with Gasteiger partial charge in [-0.2, -0.15) is 5.10 Å². The van der Waals surface area contributed by atoms with Crippen molar-refractivity contribution in [1.82, 2.24) is 14.7 Å². The third-order valence-electron chi connectivity index (χ3n) is 4.57. The van der Waals surface area contributed by atoms with Crippen molar-refractivity contribution in [3.63, 3.8) is 0 Å². The highest BCUT2D eigenvalue weighted by Crippen LogP contribution is 2.19. The molecule has 0 saturated heterocycles. The molecule has 29 heavy (non-hydrogen) atoms. The first-order valence-electron chi connectivity index (χ1n) is 9.18. The number of hydrogen-bond acceptors (Lipinski definition) is 4. The molecule has 0 atom stereocenters. The standard InChI is InChI=1S/C22H22ClN3O3/c1-15-20(16(2)26(24-15)18-7-5-4-6-8-18)21(27)22(28)25(3)13-14-29-19-11-9-17(23)10-12-19/h4-12H,13-14H2,1-3H3. The predicted octanol–water partition coefficient (Wildman–Crippen LogP) is 3.86. The lowest BCUT2D eigenvalue weighted by atomic mass is 10.1. The maximum absolute atomic E-state index is 12.8. The van der Waals surface area contributed by atoms with Crippen molar-refractivity contribution in [2.75, 3.05) is 20.2 Å². The maximum Gasteiger partial charge on any atom is 0.294 e. The summed E-state index contributed by atoms with van der Waals surface area (Å²) in [6, 6.07) is 16.5. The first-order chi connectivity index (χ1) is 13.9. The van der Waals surface area contributed by atoms with Crippen LogP contribution in [0.4, 0.5) is 0 Å². The molecule has 0 aliphatic carbocycles. The number of Topliss-reactive ketones (excluding diaryl/α,β-unsaturated/α-hetero) is 1. The molecular weight excluding hydrogens is 390 g/mol. The van der Waals surface area contributed by atoms with Gasteiger partial charge < -0.3 is 9.64 Å². The van der Waals surface area contributed by atoms with Gasteiger partial charge in [-0.1, -0.05) is 29.8 Å². The van der Waals surface area contributed by atoms with Crippen molar-refractivity contribution in [2.24, 2.45) is 0 Å². The molecule has 7 heteroatoms. The Balaban J connectivity index is 1.67. The Morgan fingerprint density at radius 1 is 1.07 bits per heavy atom. The fourth-order valence-corrected chi connectivity index (χ4v) is 3.13. The van der Waals surface area contributed by atoms with Gasteiger partial charge in [0.1, 0.15) is 12.4 Å². The Kier molecular flexibility index (Phi) is 6.34. The van der Waals surface area contributed by atoms with E-state index in [1.807, 2.05) is 30.3 Å². The molecule has 1 amide bonds. The molecular formula is C22H22ClN3O3. The number of carbonyl (C=O) groups excluding carboxylic acids is 2. The molecule has 0 radical (unpaired) electrons. The van der Waals surface area contributed by atoms with Gasteiger partial charge in [-0.05, 0) is 50.2 Å². The van der Waals surface area contributed by atoms with Crippen LogP contribution >= 0.6 is 11.6 Å². The van der Waals surface area contributed by atoms with E-state index in [-0.39, 0.29) is 13.2 Å². The molecule has 3 rings (SSSR count). The third kappa shape index (κ3) is 4.66. The molecule has 0 fully saturated rings. The fraction of sp³-hybridized carbons (Fsp3) is 0.227. The van der Waals surface area contributed by atoms with Crippen molar-refractivity contribution in [3.05, 3.63) is 76.6 Å². The molecule has 0 saturated carbocycles. The summed E-state index contributed by atoms with van der Waals surface area (Å²) in [6.07, 6.45) is 0. The lowest BCUT2D eigenvalue weighted by Gasteiger charge is -2.17. The number of para-hydroxylation sites is 1. The number of carbonyl (C=O) groups is 2. The minimum atomic E-state index is -0.594. The molecule has 3 aromatic rings. The molecule has 0 bridgehead atoms. The number of hydrogen-bond donors (Lipinski definition) is 0. The second-order valence-corrected chi connectivity index (χ2v) is 7.09. The summed E-state index contributed by atoms with van der Waals surface area (Å²) in [5.74, 6) is -0.517. The molecule has 1 heterocycles. The summed E-state index contributed by atoms with van der Waals surface area (Å²) in [7, 11) is 1.58. The van der Waals surface area contributed by atoms with Crippen LogP contribution in [-0.4, -0.2) is 46.6 Å². The van der Waals surface area contributed by atoms with Crippen LogP contribution in [0, 0.1) is 13.8 Å². The number of aromatic nitrogens is 2. The second-order valence-electron chi connectivity index (χ2n) is 6.65. The lowest BCUT2D eigenvalue weighted by Crippen LogP contribution is -2.36. The number of ether oxygens (including phenoxy) is 1. The predicted molar refractivity (Wildman–Crippen MR) is 112 cm³/mol. The smallest absolute Gasteiger partial charge is 0.294 e. The summed E-state index contributed by atoms with van der Waals surface area (Å²) in [6.45, 7) is 4.06. The summed E-state index contributed by atoms with van der Waals surface area (Å²) in [4.78, 5) is 26.8. The van der Waals surface area contributed by atoms with E-state index in [1.54, 1.807) is 49.8 Å². The molecule has 0 N–H and O–H groups in total. The van der Waals surface area contributed by atoms with Crippen LogP contribution in [0.5, 0.6) is 5.75 Å². The highest BCUT2D eigenvalue weighted by atomic mass is 35.5. The number of aryl methyl sites for hydroxylation is 1. The summed E-state index contributed by atoms with van der Waals surface area (Å²) in [5.41, 5.74) is 2.34. The minimum absolute atomic E-state index is 0.262. The van der Waals surface area contributed by atoms with E-state index < -0.39 is 11.7 Å². The normalized spacial score (nSPS) is 10.6. The Morgan fingerprint density at radius 2 is 1.72 bits per heavy atom. The van der Waals surface area contributed by atoms with Gasteiger partial charge in [-0.3, -0.25) is 9.59 Å². The number of likely N-dealkylation sites (N-methyl/N-ethyl adjacent to an activating group) is 1. The molecule has 0 aliphatic rings. The summed E-state index contributed by atoms with van der Waals surface area (Å²) < 4.78 is 7.28. The Bertz CT molecular complexity index is 1010. The average Bonchev–Trinajstić information content (AvgIpc) is 3.03. The van der Waals surface area contributed by atoms with Gasteiger partial charge >= 0.3 is 0 Å². The molecule has 0 aliphatic heterocycles. The number of ketones is 1. The van der Waals surface area contributed by atoms with Crippen LogP contribution in [0.2, 0.25) is 5.02 Å².